The van der Waals surface area contributed by atoms with Crippen LogP contribution < -0.4 is 0 Å². The SMILES string of the molecule is c1ccc(-n2ccc3c2ccc2c4ccccc4n(-c4ncc5ccccc5n4)c23)cc1. The normalized spacial score (nSPS) is 11.8. The van der Waals surface area contributed by atoms with Crippen molar-refractivity contribution in [3.05, 3.63) is 109 Å². The largest absolute Gasteiger partial charge is 0.316 e. The van der Waals surface area contributed by atoms with Crippen molar-refractivity contribution in [1.29, 1.82) is 0 Å². The van der Waals surface area contributed by atoms with E-state index in [4.69, 9.17) is 9.97 Å². The highest BCUT2D eigenvalue weighted by atomic mass is 15.2. The third-order valence-corrected chi connectivity index (χ3v) is 6.21. The van der Waals surface area contributed by atoms with E-state index in [1.807, 2.05) is 36.5 Å². The van der Waals surface area contributed by atoms with Gasteiger partial charge in [0.15, 0.2) is 0 Å². The fraction of sp³-hybridized carbons (Fsp3) is 0. The fourth-order valence-electron chi connectivity index (χ4n) is 4.77. The molecule has 4 nitrogen and oxygen atoms in total. The molecule has 0 saturated carbocycles. The lowest BCUT2D eigenvalue weighted by Gasteiger charge is -2.09. The molecule has 7 aromatic rings. The molecule has 0 unspecified atom stereocenters. The van der Waals surface area contributed by atoms with Gasteiger partial charge < -0.3 is 4.57 Å². The van der Waals surface area contributed by atoms with Crippen molar-refractivity contribution >= 4 is 43.6 Å². The molecule has 0 spiro atoms. The van der Waals surface area contributed by atoms with Gasteiger partial charge >= 0.3 is 0 Å². The highest BCUT2D eigenvalue weighted by Crippen LogP contribution is 2.37. The van der Waals surface area contributed by atoms with Crippen LogP contribution in [0.15, 0.2) is 109 Å². The highest BCUT2D eigenvalue weighted by molar-refractivity contribution is 6.18. The van der Waals surface area contributed by atoms with E-state index in [2.05, 4.69) is 82.1 Å². The van der Waals surface area contributed by atoms with Crippen LogP contribution in [-0.4, -0.2) is 19.1 Å². The van der Waals surface area contributed by atoms with Crippen molar-refractivity contribution in [3.8, 4) is 11.6 Å². The van der Waals surface area contributed by atoms with Crippen LogP contribution >= 0.6 is 0 Å². The van der Waals surface area contributed by atoms with Crippen LogP contribution in [0.2, 0.25) is 0 Å². The Labute approximate surface area is 184 Å². The molecule has 0 saturated heterocycles. The zero-order valence-electron chi connectivity index (χ0n) is 17.2. The standard InChI is InChI=1S/C28H18N4/c1-2-9-20(10-3-1)31-17-16-23-25(31)15-14-22-21-11-5-7-13-26(21)32(27(22)23)28-29-18-19-8-4-6-12-24(19)30-28/h1-18H. The third kappa shape index (κ3) is 2.38. The van der Waals surface area contributed by atoms with Crippen molar-refractivity contribution in [3.63, 3.8) is 0 Å². The van der Waals surface area contributed by atoms with Crippen molar-refractivity contribution < 1.29 is 0 Å². The van der Waals surface area contributed by atoms with E-state index in [0.29, 0.717) is 5.95 Å². The molecule has 4 aromatic carbocycles. The molecular formula is C28H18N4. The zero-order chi connectivity index (χ0) is 21.1. The summed E-state index contributed by atoms with van der Waals surface area (Å²) in [7, 11) is 0. The average molecular weight is 410 g/mol. The molecule has 0 aliphatic carbocycles. The van der Waals surface area contributed by atoms with Crippen molar-refractivity contribution in [2.45, 2.75) is 0 Å². The first-order valence-electron chi connectivity index (χ1n) is 10.7. The van der Waals surface area contributed by atoms with Gasteiger partial charge in [-0.15, -0.1) is 0 Å². The molecule has 0 N–H and O–H groups in total. The molecule has 0 atom stereocenters. The molecular weight excluding hydrogens is 392 g/mol. The predicted octanol–water partition coefficient (Wildman–Crippen LogP) is 6.67. The topological polar surface area (TPSA) is 35.6 Å². The summed E-state index contributed by atoms with van der Waals surface area (Å²) in [5.41, 5.74) is 5.49. The summed E-state index contributed by atoms with van der Waals surface area (Å²) >= 11 is 0. The van der Waals surface area contributed by atoms with Gasteiger partial charge in [0.1, 0.15) is 0 Å². The molecule has 0 bridgehead atoms. The average Bonchev–Trinajstić information content (AvgIpc) is 3.44. The zero-order valence-corrected chi connectivity index (χ0v) is 17.2. The van der Waals surface area contributed by atoms with Crippen LogP contribution in [0, 0.1) is 0 Å². The molecule has 32 heavy (non-hydrogen) atoms. The van der Waals surface area contributed by atoms with E-state index < -0.39 is 0 Å². The summed E-state index contributed by atoms with van der Waals surface area (Å²) in [6.45, 7) is 0. The Kier molecular flexibility index (Phi) is 3.52. The van der Waals surface area contributed by atoms with Gasteiger partial charge in [-0.05, 0) is 36.4 Å². The van der Waals surface area contributed by atoms with Crippen molar-refractivity contribution in [2.75, 3.05) is 0 Å². The smallest absolute Gasteiger partial charge is 0.235 e. The van der Waals surface area contributed by atoms with Gasteiger partial charge in [0.25, 0.3) is 0 Å². The number of fused-ring (bicyclic) bond motifs is 6. The van der Waals surface area contributed by atoms with E-state index in [1.54, 1.807) is 0 Å². The Hall–Kier alpha value is -4.44. The maximum atomic E-state index is 4.93. The van der Waals surface area contributed by atoms with Crippen LogP contribution in [0.4, 0.5) is 0 Å². The van der Waals surface area contributed by atoms with Gasteiger partial charge in [0, 0.05) is 39.6 Å². The second-order valence-electron chi connectivity index (χ2n) is 8.00. The van der Waals surface area contributed by atoms with Crippen LogP contribution in [0.5, 0.6) is 0 Å². The number of aromatic nitrogens is 4. The number of para-hydroxylation sites is 3. The summed E-state index contributed by atoms with van der Waals surface area (Å²) < 4.78 is 4.44. The molecule has 3 aromatic heterocycles. The molecule has 3 heterocycles. The Balaban J connectivity index is 1.62. The number of benzene rings is 4. The Morgan fingerprint density at radius 1 is 0.594 bits per heavy atom. The van der Waals surface area contributed by atoms with E-state index in [1.165, 1.54) is 16.2 Å². The number of hydrogen-bond donors (Lipinski definition) is 0. The molecule has 150 valence electrons. The summed E-state index contributed by atoms with van der Waals surface area (Å²) in [5.74, 6) is 0.690. The summed E-state index contributed by atoms with van der Waals surface area (Å²) in [4.78, 5) is 9.70. The van der Waals surface area contributed by atoms with E-state index >= 15 is 0 Å². The second-order valence-corrected chi connectivity index (χ2v) is 8.00. The molecule has 0 fully saturated rings. The minimum atomic E-state index is 0.690. The summed E-state index contributed by atoms with van der Waals surface area (Å²) in [5, 5.41) is 4.63. The lowest BCUT2D eigenvalue weighted by molar-refractivity contribution is 1.01. The quantitative estimate of drug-likeness (QED) is 0.319. The van der Waals surface area contributed by atoms with Crippen molar-refractivity contribution in [1.82, 2.24) is 19.1 Å². The van der Waals surface area contributed by atoms with E-state index in [9.17, 15) is 0 Å². The Morgan fingerprint density at radius 2 is 1.41 bits per heavy atom. The third-order valence-electron chi connectivity index (χ3n) is 6.21. The molecule has 0 radical (unpaired) electrons. The number of hydrogen-bond acceptors (Lipinski definition) is 2. The first-order chi connectivity index (χ1) is 15.9. The first kappa shape index (κ1) is 17.3. The van der Waals surface area contributed by atoms with Crippen LogP contribution in [0.25, 0.3) is 55.2 Å². The van der Waals surface area contributed by atoms with Gasteiger partial charge in [-0.1, -0.05) is 60.7 Å². The first-order valence-corrected chi connectivity index (χ1v) is 10.7. The lowest BCUT2D eigenvalue weighted by Crippen LogP contribution is -2.01. The molecule has 0 aliphatic rings. The molecule has 0 aliphatic heterocycles. The van der Waals surface area contributed by atoms with Crippen LogP contribution in [0.1, 0.15) is 0 Å². The predicted molar refractivity (Wildman–Crippen MR) is 131 cm³/mol. The molecule has 7 rings (SSSR count). The summed E-state index contributed by atoms with van der Waals surface area (Å²) in [6, 6.07) is 33.7. The Bertz CT molecular complexity index is 1770. The number of nitrogens with zero attached hydrogens (tertiary/aromatic N) is 4. The van der Waals surface area contributed by atoms with E-state index in [0.717, 1.165) is 33.1 Å². The van der Waals surface area contributed by atoms with Gasteiger partial charge in [-0.25, -0.2) is 9.97 Å². The Morgan fingerprint density at radius 3 is 2.34 bits per heavy atom. The lowest BCUT2D eigenvalue weighted by atomic mass is 10.1. The van der Waals surface area contributed by atoms with E-state index in [-0.39, 0.29) is 0 Å². The molecule has 0 amide bonds. The van der Waals surface area contributed by atoms with Gasteiger partial charge in [0.05, 0.1) is 22.1 Å². The van der Waals surface area contributed by atoms with Crippen LogP contribution in [0.3, 0.4) is 0 Å². The minimum absolute atomic E-state index is 0.690. The second kappa shape index (κ2) is 6.53. The maximum absolute atomic E-state index is 4.93. The summed E-state index contributed by atoms with van der Waals surface area (Å²) in [6.07, 6.45) is 4.05. The van der Waals surface area contributed by atoms with Gasteiger partial charge in [0.2, 0.25) is 5.95 Å². The van der Waals surface area contributed by atoms with Gasteiger partial charge in [-0.3, -0.25) is 4.57 Å². The maximum Gasteiger partial charge on any atom is 0.235 e. The minimum Gasteiger partial charge on any atom is -0.316 e. The highest BCUT2D eigenvalue weighted by Gasteiger charge is 2.18. The van der Waals surface area contributed by atoms with Crippen LogP contribution in [-0.2, 0) is 0 Å². The fourth-order valence-corrected chi connectivity index (χ4v) is 4.77. The van der Waals surface area contributed by atoms with Crippen molar-refractivity contribution in [2.24, 2.45) is 0 Å². The van der Waals surface area contributed by atoms with Gasteiger partial charge in [-0.2, -0.15) is 0 Å². The molecule has 4 heteroatoms. The number of rotatable bonds is 2. The monoisotopic (exact) mass is 410 g/mol.